The Kier molecular flexibility index (Phi) is 5.10. The Balaban J connectivity index is 1.93. The van der Waals surface area contributed by atoms with Crippen LogP contribution in [0.3, 0.4) is 0 Å². The molecule has 1 fully saturated rings. The van der Waals surface area contributed by atoms with Crippen molar-refractivity contribution in [2.75, 3.05) is 13.1 Å². The molecule has 0 aromatic heterocycles. The lowest BCUT2D eigenvalue weighted by atomic mass is 9.89. The highest BCUT2D eigenvalue weighted by molar-refractivity contribution is 5.87. The number of halogens is 1. The molecule has 1 aliphatic heterocycles. The van der Waals surface area contributed by atoms with Gasteiger partial charge < -0.3 is 4.90 Å². The molecule has 0 radical (unpaired) electrons. The van der Waals surface area contributed by atoms with Gasteiger partial charge >= 0.3 is 0 Å². The summed E-state index contributed by atoms with van der Waals surface area (Å²) in [5, 5.41) is 0. The highest BCUT2D eigenvalue weighted by Crippen LogP contribution is 2.29. The summed E-state index contributed by atoms with van der Waals surface area (Å²) in [6.45, 7) is 3.30. The summed E-state index contributed by atoms with van der Waals surface area (Å²) in [7, 11) is 0. The zero-order valence-corrected chi connectivity index (χ0v) is 11.8. The molecular formula is C17H20FNO. The van der Waals surface area contributed by atoms with E-state index in [1.807, 2.05) is 36.1 Å². The van der Waals surface area contributed by atoms with E-state index in [2.05, 4.69) is 0 Å². The second-order valence-electron chi connectivity index (χ2n) is 5.01. The SMILES string of the molecule is C/C=C/C=C/C(=O)N1CCC(c2ccccc2F)CC1. The number of hydrogen-bond acceptors (Lipinski definition) is 1. The normalized spacial score (nSPS) is 17.2. The Bertz CT molecular complexity index is 513. The molecule has 0 unspecified atom stereocenters. The Morgan fingerprint density at radius 2 is 1.95 bits per heavy atom. The summed E-state index contributed by atoms with van der Waals surface area (Å²) >= 11 is 0. The smallest absolute Gasteiger partial charge is 0.246 e. The first-order valence-corrected chi connectivity index (χ1v) is 7.05. The number of allylic oxidation sites excluding steroid dienone is 3. The van der Waals surface area contributed by atoms with Crippen molar-refractivity contribution in [1.82, 2.24) is 4.90 Å². The van der Waals surface area contributed by atoms with Gasteiger partial charge in [0.05, 0.1) is 0 Å². The first-order chi connectivity index (χ1) is 9.72. The standard InChI is InChI=1S/C17H20FNO/c1-2-3-4-9-17(20)19-12-10-14(11-13-19)15-7-5-6-8-16(15)18/h2-9,14H,10-13H2,1H3/b3-2+,9-4+. The molecule has 2 nitrogen and oxygen atoms in total. The van der Waals surface area contributed by atoms with Crippen molar-refractivity contribution in [2.45, 2.75) is 25.7 Å². The van der Waals surface area contributed by atoms with Gasteiger partial charge in [-0.2, -0.15) is 0 Å². The number of rotatable bonds is 3. The summed E-state index contributed by atoms with van der Waals surface area (Å²) in [5.74, 6) is 0.125. The molecule has 0 spiro atoms. The molecule has 0 saturated carbocycles. The molecule has 0 atom stereocenters. The third-order valence-electron chi connectivity index (χ3n) is 3.69. The monoisotopic (exact) mass is 273 g/mol. The fourth-order valence-corrected chi connectivity index (χ4v) is 2.57. The maximum atomic E-state index is 13.7. The summed E-state index contributed by atoms with van der Waals surface area (Å²) in [6, 6.07) is 6.94. The van der Waals surface area contributed by atoms with Crippen LogP contribution in [-0.4, -0.2) is 23.9 Å². The van der Waals surface area contributed by atoms with Crippen LogP contribution in [0.25, 0.3) is 0 Å². The van der Waals surface area contributed by atoms with Crippen LogP contribution in [0.2, 0.25) is 0 Å². The first-order valence-electron chi connectivity index (χ1n) is 7.05. The number of hydrogen-bond donors (Lipinski definition) is 0. The van der Waals surface area contributed by atoms with Crippen molar-refractivity contribution in [1.29, 1.82) is 0 Å². The molecule has 3 heteroatoms. The minimum atomic E-state index is -0.134. The zero-order chi connectivity index (χ0) is 14.4. The number of piperidine rings is 1. The zero-order valence-electron chi connectivity index (χ0n) is 11.8. The Morgan fingerprint density at radius 3 is 2.60 bits per heavy atom. The number of nitrogens with zero attached hydrogens (tertiary/aromatic N) is 1. The highest BCUT2D eigenvalue weighted by atomic mass is 19.1. The Morgan fingerprint density at radius 1 is 1.25 bits per heavy atom. The molecule has 1 aromatic rings. The van der Waals surface area contributed by atoms with Crippen molar-refractivity contribution < 1.29 is 9.18 Å². The van der Waals surface area contributed by atoms with Crippen LogP contribution in [-0.2, 0) is 4.79 Å². The van der Waals surface area contributed by atoms with Gasteiger partial charge in [-0.05, 0) is 37.3 Å². The van der Waals surface area contributed by atoms with Gasteiger partial charge in [0.1, 0.15) is 5.82 Å². The predicted molar refractivity (Wildman–Crippen MR) is 78.9 cm³/mol. The van der Waals surface area contributed by atoms with E-state index < -0.39 is 0 Å². The summed E-state index contributed by atoms with van der Waals surface area (Å²) in [6.07, 6.45) is 8.71. The molecule has 2 rings (SSSR count). The maximum Gasteiger partial charge on any atom is 0.246 e. The van der Waals surface area contributed by atoms with E-state index in [0.29, 0.717) is 13.1 Å². The molecule has 0 N–H and O–H groups in total. The Labute approximate surface area is 119 Å². The van der Waals surface area contributed by atoms with Crippen LogP contribution in [0.15, 0.2) is 48.6 Å². The average molecular weight is 273 g/mol. The van der Waals surface area contributed by atoms with Crippen LogP contribution in [0.4, 0.5) is 4.39 Å². The van der Waals surface area contributed by atoms with Crippen molar-refractivity contribution in [2.24, 2.45) is 0 Å². The summed E-state index contributed by atoms with van der Waals surface area (Å²) in [4.78, 5) is 13.7. The maximum absolute atomic E-state index is 13.7. The number of carbonyl (C=O) groups is 1. The van der Waals surface area contributed by atoms with Crippen molar-refractivity contribution in [3.63, 3.8) is 0 Å². The quantitative estimate of drug-likeness (QED) is 0.608. The van der Waals surface area contributed by atoms with Crippen molar-refractivity contribution >= 4 is 5.91 Å². The summed E-state index contributed by atoms with van der Waals surface area (Å²) < 4.78 is 13.7. The first kappa shape index (κ1) is 14.5. The van der Waals surface area contributed by atoms with Gasteiger partial charge in [-0.25, -0.2) is 4.39 Å². The second-order valence-corrected chi connectivity index (χ2v) is 5.01. The lowest BCUT2D eigenvalue weighted by Gasteiger charge is -2.31. The van der Waals surface area contributed by atoms with E-state index in [4.69, 9.17) is 0 Å². The van der Waals surface area contributed by atoms with E-state index in [1.54, 1.807) is 18.2 Å². The molecule has 1 aliphatic rings. The fraction of sp³-hybridized carbons (Fsp3) is 0.353. The lowest BCUT2D eigenvalue weighted by Crippen LogP contribution is -2.37. The fourth-order valence-electron chi connectivity index (χ4n) is 2.57. The van der Waals surface area contributed by atoms with E-state index in [1.165, 1.54) is 6.07 Å². The van der Waals surface area contributed by atoms with Gasteiger partial charge in [0.2, 0.25) is 5.91 Å². The average Bonchev–Trinajstić information content (AvgIpc) is 2.48. The van der Waals surface area contributed by atoms with Crippen LogP contribution in [0, 0.1) is 5.82 Å². The molecule has 1 heterocycles. The molecule has 106 valence electrons. The molecule has 1 aromatic carbocycles. The molecular weight excluding hydrogens is 253 g/mol. The predicted octanol–water partition coefficient (Wildman–Crippen LogP) is 3.66. The van der Waals surface area contributed by atoms with Gasteiger partial charge in [-0.3, -0.25) is 4.79 Å². The van der Waals surface area contributed by atoms with Crippen LogP contribution < -0.4 is 0 Å². The number of benzene rings is 1. The largest absolute Gasteiger partial charge is 0.339 e. The number of likely N-dealkylation sites (tertiary alicyclic amines) is 1. The van der Waals surface area contributed by atoms with Crippen molar-refractivity contribution in [3.05, 3.63) is 60.0 Å². The topological polar surface area (TPSA) is 20.3 Å². The van der Waals surface area contributed by atoms with Crippen LogP contribution in [0.1, 0.15) is 31.2 Å². The number of carbonyl (C=O) groups excluding carboxylic acids is 1. The van der Waals surface area contributed by atoms with Crippen LogP contribution >= 0.6 is 0 Å². The van der Waals surface area contributed by atoms with Crippen molar-refractivity contribution in [3.8, 4) is 0 Å². The molecule has 1 amide bonds. The number of amides is 1. The summed E-state index contributed by atoms with van der Waals surface area (Å²) in [5.41, 5.74) is 0.782. The van der Waals surface area contributed by atoms with E-state index >= 15 is 0 Å². The Hall–Kier alpha value is -1.90. The van der Waals surface area contributed by atoms with Crippen LogP contribution in [0.5, 0.6) is 0 Å². The van der Waals surface area contributed by atoms with Gasteiger partial charge in [-0.15, -0.1) is 0 Å². The molecule has 20 heavy (non-hydrogen) atoms. The highest BCUT2D eigenvalue weighted by Gasteiger charge is 2.24. The molecule has 0 aliphatic carbocycles. The second kappa shape index (κ2) is 7.04. The third kappa shape index (κ3) is 3.56. The minimum Gasteiger partial charge on any atom is -0.339 e. The van der Waals surface area contributed by atoms with E-state index in [0.717, 1.165) is 18.4 Å². The third-order valence-corrected chi connectivity index (χ3v) is 3.69. The van der Waals surface area contributed by atoms with E-state index in [-0.39, 0.29) is 17.6 Å². The minimum absolute atomic E-state index is 0.0371. The lowest BCUT2D eigenvalue weighted by molar-refractivity contribution is -0.127. The van der Waals surface area contributed by atoms with E-state index in [9.17, 15) is 9.18 Å². The van der Waals surface area contributed by atoms with Gasteiger partial charge in [0.25, 0.3) is 0 Å². The van der Waals surface area contributed by atoms with Gasteiger partial charge in [-0.1, -0.05) is 36.4 Å². The van der Waals surface area contributed by atoms with Gasteiger partial charge in [0.15, 0.2) is 0 Å². The molecule has 0 bridgehead atoms. The molecule has 1 saturated heterocycles. The van der Waals surface area contributed by atoms with Gasteiger partial charge in [0, 0.05) is 19.2 Å².